The van der Waals surface area contributed by atoms with Crippen LogP contribution in [0.25, 0.3) is 0 Å². The van der Waals surface area contributed by atoms with Crippen LogP contribution in [-0.4, -0.2) is 74.7 Å². The Kier molecular flexibility index (Phi) is 11.7. The van der Waals surface area contributed by atoms with Gasteiger partial charge >= 0.3 is 0 Å². The van der Waals surface area contributed by atoms with Gasteiger partial charge in [0.05, 0.1) is 0 Å². The molecule has 0 aliphatic carbocycles. The maximum atomic E-state index is 4.37. The molecule has 2 heterocycles. The molecular formula is C19H36IN5S. The standard InChI is InChI=1S/C19H35N5S.HI/c1-5-23-8-10-24(11-9-23)17(3)15-22-19(20-4)21-14-16(2)13-18-7-6-12-25-18;/h6-7,12,16-17H,5,8-11,13-15H2,1-4H3,(H2,20,21,22);1H. The summed E-state index contributed by atoms with van der Waals surface area (Å²) in [6, 6.07) is 4.87. The second-order valence-corrected chi connectivity index (χ2v) is 8.07. The van der Waals surface area contributed by atoms with E-state index in [2.05, 4.69) is 63.7 Å². The fourth-order valence-electron chi connectivity index (χ4n) is 3.23. The average molecular weight is 494 g/mol. The second-order valence-electron chi connectivity index (χ2n) is 7.04. The number of guanidine groups is 1. The number of hydrogen-bond donors (Lipinski definition) is 2. The number of nitrogens with zero attached hydrogens (tertiary/aromatic N) is 3. The van der Waals surface area contributed by atoms with Crippen molar-refractivity contribution < 1.29 is 0 Å². The molecule has 1 aliphatic heterocycles. The van der Waals surface area contributed by atoms with Gasteiger partial charge in [-0.1, -0.05) is 19.9 Å². The first-order chi connectivity index (χ1) is 12.1. The molecule has 150 valence electrons. The summed E-state index contributed by atoms with van der Waals surface area (Å²) in [7, 11) is 1.85. The molecular weight excluding hydrogens is 457 g/mol. The predicted molar refractivity (Wildman–Crippen MR) is 125 cm³/mol. The van der Waals surface area contributed by atoms with Crippen molar-refractivity contribution in [3.63, 3.8) is 0 Å². The summed E-state index contributed by atoms with van der Waals surface area (Å²) in [5.74, 6) is 1.51. The number of nitrogens with one attached hydrogen (secondary N) is 2. The zero-order valence-corrected chi connectivity index (χ0v) is 19.8. The van der Waals surface area contributed by atoms with E-state index >= 15 is 0 Å². The molecule has 1 aliphatic rings. The maximum Gasteiger partial charge on any atom is 0.191 e. The van der Waals surface area contributed by atoms with Gasteiger partial charge in [-0.3, -0.25) is 9.89 Å². The van der Waals surface area contributed by atoms with E-state index in [-0.39, 0.29) is 24.0 Å². The van der Waals surface area contributed by atoms with E-state index < -0.39 is 0 Å². The second kappa shape index (κ2) is 12.9. The molecule has 0 bridgehead atoms. The van der Waals surface area contributed by atoms with Gasteiger partial charge in [-0.2, -0.15) is 0 Å². The van der Waals surface area contributed by atoms with Crippen LogP contribution in [0.5, 0.6) is 0 Å². The van der Waals surface area contributed by atoms with Crippen LogP contribution in [0.4, 0.5) is 0 Å². The quantitative estimate of drug-likeness (QED) is 0.332. The maximum absolute atomic E-state index is 4.37. The van der Waals surface area contributed by atoms with Crippen molar-refractivity contribution in [2.45, 2.75) is 33.2 Å². The van der Waals surface area contributed by atoms with Crippen molar-refractivity contribution in [2.75, 3.05) is 52.9 Å². The average Bonchev–Trinajstić information content (AvgIpc) is 3.14. The molecule has 5 nitrogen and oxygen atoms in total. The number of hydrogen-bond acceptors (Lipinski definition) is 4. The summed E-state index contributed by atoms with van der Waals surface area (Å²) >= 11 is 1.84. The van der Waals surface area contributed by atoms with Gasteiger partial charge in [-0.25, -0.2) is 0 Å². The van der Waals surface area contributed by atoms with Crippen LogP contribution in [0.3, 0.4) is 0 Å². The van der Waals surface area contributed by atoms with E-state index in [1.165, 1.54) is 37.6 Å². The van der Waals surface area contributed by atoms with Gasteiger partial charge in [-0.05, 0) is 37.3 Å². The summed E-state index contributed by atoms with van der Waals surface area (Å²) in [6.07, 6.45) is 1.12. The number of likely N-dealkylation sites (N-methyl/N-ethyl adjacent to an activating group) is 1. The summed E-state index contributed by atoms with van der Waals surface area (Å²) in [5.41, 5.74) is 0. The van der Waals surface area contributed by atoms with E-state index in [1.54, 1.807) is 0 Å². The van der Waals surface area contributed by atoms with Crippen LogP contribution >= 0.6 is 35.3 Å². The lowest BCUT2D eigenvalue weighted by Crippen LogP contribution is -2.53. The Morgan fingerprint density at radius 2 is 1.88 bits per heavy atom. The van der Waals surface area contributed by atoms with Crippen LogP contribution in [0.2, 0.25) is 0 Å². The molecule has 1 aromatic heterocycles. The Hall–Kier alpha value is -0.380. The molecule has 0 spiro atoms. The Bertz CT molecular complexity index is 500. The Morgan fingerprint density at radius 1 is 1.19 bits per heavy atom. The molecule has 0 saturated carbocycles. The zero-order valence-electron chi connectivity index (χ0n) is 16.7. The molecule has 7 heteroatoms. The summed E-state index contributed by atoms with van der Waals surface area (Å²) in [5, 5.41) is 9.12. The van der Waals surface area contributed by atoms with E-state index in [1.807, 2.05) is 18.4 Å². The van der Waals surface area contributed by atoms with Crippen molar-refractivity contribution in [1.82, 2.24) is 20.4 Å². The molecule has 0 aromatic carbocycles. The fraction of sp³-hybridized carbons (Fsp3) is 0.737. The Labute approximate surface area is 180 Å². The highest BCUT2D eigenvalue weighted by Gasteiger charge is 2.20. The number of rotatable bonds is 8. The molecule has 2 N–H and O–H groups in total. The van der Waals surface area contributed by atoms with E-state index in [9.17, 15) is 0 Å². The lowest BCUT2D eigenvalue weighted by Gasteiger charge is -2.37. The minimum atomic E-state index is 0. The highest BCUT2D eigenvalue weighted by atomic mass is 127. The molecule has 0 radical (unpaired) electrons. The van der Waals surface area contributed by atoms with Crippen LogP contribution in [0.1, 0.15) is 25.6 Å². The van der Waals surface area contributed by atoms with Crippen molar-refractivity contribution in [2.24, 2.45) is 10.9 Å². The number of thiophene rings is 1. The van der Waals surface area contributed by atoms with Crippen LogP contribution in [0, 0.1) is 5.92 Å². The van der Waals surface area contributed by atoms with Crippen molar-refractivity contribution in [3.8, 4) is 0 Å². The molecule has 0 amide bonds. The molecule has 1 saturated heterocycles. The van der Waals surface area contributed by atoms with Gasteiger partial charge in [0.25, 0.3) is 0 Å². The first-order valence-corrected chi connectivity index (χ1v) is 10.4. The van der Waals surface area contributed by atoms with Gasteiger partial charge in [0.15, 0.2) is 5.96 Å². The molecule has 1 fully saturated rings. The Morgan fingerprint density at radius 3 is 2.46 bits per heavy atom. The van der Waals surface area contributed by atoms with Gasteiger partial charge in [-0.15, -0.1) is 35.3 Å². The van der Waals surface area contributed by atoms with Gasteiger partial charge < -0.3 is 15.5 Å². The lowest BCUT2D eigenvalue weighted by molar-refractivity contribution is 0.107. The van der Waals surface area contributed by atoms with Crippen molar-refractivity contribution >= 4 is 41.3 Å². The number of aliphatic imine (C=N–C) groups is 1. The fourth-order valence-corrected chi connectivity index (χ4v) is 4.10. The smallest absolute Gasteiger partial charge is 0.191 e. The van der Waals surface area contributed by atoms with Crippen molar-refractivity contribution in [3.05, 3.63) is 22.4 Å². The molecule has 2 rings (SSSR count). The molecule has 2 atom stereocenters. The topological polar surface area (TPSA) is 42.9 Å². The number of piperazine rings is 1. The largest absolute Gasteiger partial charge is 0.356 e. The normalized spacial score (nSPS) is 18.8. The Balaban J connectivity index is 0.00000338. The van der Waals surface area contributed by atoms with E-state index in [0.717, 1.165) is 25.5 Å². The van der Waals surface area contributed by atoms with Crippen molar-refractivity contribution in [1.29, 1.82) is 0 Å². The van der Waals surface area contributed by atoms with E-state index in [4.69, 9.17) is 0 Å². The third-order valence-corrected chi connectivity index (χ3v) is 5.91. The van der Waals surface area contributed by atoms with Gasteiger partial charge in [0, 0.05) is 57.2 Å². The van der Waals surface area contributed by atoms with Crippen LogP contribution in [-0.2, 0) is 6.42 Å². The molecule has 2 unspecified atom stereocenters. The molecule has 26 heavy (non-hydrogen) atoms. The SMILES string of the molecule is CCN1CCN(C(C)CNC(=NC)NCC(C)Cc2cccs2)CC1.I. The lowest BCUT2D eigenvalue weighted by atomic mass is 10.1. The van der Waals surface area contributed by atoms with Gasteiger partial charge in [0.2, 0.25) is 0 Å². The summed E-state index contributed by atoms with van der Waals surface area (Å²) in [6.45, 7) is 14.6. The molecule has 1 aromatic rings. The van der Waals surface area contributed by atoms with Crippen LogP contribution < -0.4 is 10.6 Å². The summed E-state index contributed by atoms with van der Waals surface area (Å²) < 4.78 is 0. The third-order valence-electron chi connectivity index (χ3n) is 5.01. The zero-order chi connectivity index (χ0) is 18.1. The highest BCUT2D eigenvalue weighted by Crippen LogP contribution is 2.13. The van der Waals surface area contributed by atoms with Crippen LogP contribution in [0.15, 0.2) is 22.5 Å². The summed E-state index contributed by atoms with van der Waals surface area (Å²) in [4.78, 5) is 10.9. The minimum absolute atomic E-state index is 0. The number of halogens is 1. The predicted octanol–water partition coefficient (Wildman–Crippen LogP) is 2.74. The monoisotopic (exact) mass is 493 g/mol. The first kappa shape index (κ1) is 23.7. The van der Waals surface area contributed by atoms with E-state index in [0.29, 0.717) is 12.0 Å². The highest BCUT2D eigenvalue weighted by molar-refractivity contribution is 14.0. The third kappa shape index (κ3) is 8.10. The first-order valence-electron chi connectivity index (χ1n) is 9.55. The minimum Gasteiger partial charge on any atom is -0.356 e. The van der Waals surface area contributed by atoms with Gasteiger partial charge in [0.1, 0.15) is 0 Å².